The fourth-order valence-electron chi connectivity index (χ4n) is 4.17. The highest BCUT2D eigenvalue weighted by atomic mass is 35.5. The quantitative estimate of drug-likeness (QED) is 0.683. The Labute approximate surface area is 173 Å². The van der Waals surface area contributed by atoms with E-state index in [9.17, 15) is 5.11 Å². The summed E-state index contributed by atoms with van der Waals surface area (Å²) in [5.41, 5.74) is 3.29. The molecule has 2 N–H and O–H groups in total. The Morgan fingerprint density at radius 1 is 1.18 bits per heavy atom. The lowest BCUT2D eigenvalue weighted by atomic mass is 10.1. The van der Waals surface area contributed by atoms with Crippen LogP contribution in [0.3, 0.4) is 0 Å². The molecule has 146 valence electrons. The second kappa shape index (κ2) is 7.52. The number of aromatic nitrogens is 1. The van der Waals surface area contributed by atoms with E-state index < -0.39 is 6.23 Å². The fraction of sp³-hybridized carbons (Fsp3) is 0.381. The van der Waals surface area contributed by atoms with E-state index in [4.69, 9.17) is 16.0 Å². The molecule has 1 aromatic heterocycles. The summed E-state index contributed by atoms with van der Waals surface area (Å²) < 4.78 is 5.95. The smallest absolute Gasteiger partial charge is 0.150 e. The maximum Gasteiger partial charge on any atom is 0.150 e. The Kier molecular flexibility index (Phi) is 4.88. The first-order chi connectivity index (χ1) is 13.7. The van der Waals surface area contributed by atoms with E-state index in [-0.39, 0.29) is 0 Å². The van der Waals surface area contributed by atoms with Crippen molar-refractivity contribution in [2.45, 2.75) is 19.1 Å². The number of anilines is 2. The van der Waals surface area contributed by atoms with Crippen molar-refractivity contribution < 1.29 is 5.11 Å². The van der Waals surface area contributed by atoms with Gasteiger partial charge in [0.25, 0.3) is 0 Å². The van der Waals surface area contributed by atoms with E-state index in [0.717, 1.165) is 61.2 Å². The van der Waals surface area contributed by atoms with Crippen molar-refractivity contribution in [2.75, 3.05) is 42.9 Å². The molecule has 0 unspecified atom stereocenters. The van der Waals surface area contributed by atoms with Crippen molar-refractivity contribution in [2.24, 2.45) is 0 Å². The Bertz CT molecular complexity index is 999. The highest BCUT2D eigenvalue weighted by Crippen LogP contribution is 2.32. The van der Waals surface area contributed by atoms with E-state index in [2.05, 4.69) is 45.4 Å². The molecule has 0 spiro atoms. The van der Waals surface area contributed by atoms with Gasteiger partial charge in [0.15, 0.2) is 0 Å². The van der Waals surface area contributed by atoms with Crippen molar-refractivity contribution in [3.05, 3.63) is 52.5 Å². The van der Waals surface area contributed by atoms with Gasteiger partial charge in [-0.1, -0.05) is 29.8 Å². The molecule has 3 heterocycles. The number of piperazine rings is 1. The van der Waals surface area contributed by atoms with Crippen molar-refractivity contribution in [1.82, 2.24) is 9.27 Å². The molecule has 0 amide bonds. The minimum absolute atomic E-state index is 0.490. The van der Waals surface area contributed by atoms with Gasteiger partial charge >= 0.3 is 0 Å². The molecule has 2 aromatic carbocycles. The summed E-state index contributed by atoms with van der Waals surface area (Å²) in [6.07, 6.45) is 1.10. The lowest BCUT2D eigenvalue weighted by molar-refractivity contribution is 0.212. The molecule has 28 heavy (non-hydrogen) atoms. The number of hydrogen-bond acceptors (Lipinski definition) is 6. The molecule has 0 bridgehead atoms. The lowest BCUT2D eigenvalue weighted by Crippen LogP contribution is -2.47. The van der Waals surface area contributed by atoms with Crippen molar-refractivity contribution in [1.29, 1.82) is 0 Å². The summed E-state index contributed by atoms with van der Waals surface area (Å²) in [4.78, 5) is 4.91. The summed E-state index contributed by atoms with van der Waals surface area (Å²) in [6.45, 7) is 5.08. The minimum atomic E-state index is -0.490. The van der Waals surface area contributed by atoms with Gasteiger partial charge in [-0.25, -0.2) is 0 Å². The summed E-state index contributed by atoms with van der Waals surface area (Å²) >= 11 is 8.05. The van der Waals surface area contributed by atoms with Gasteiger partial charge in [-0.3, -0.25) is 4.90 Å². The third-order valence-corrected chi connectivity index (χ3v) is 6.90. The molecule has 1 fully saturated rings. The summed E-state index contributed by atoms with van der Waals surface area (Å²) in [7, 11) is 0. The normalized spacial score (nSPS) is 19.8. The van der Waals surface area contributed by atoms with Gasteiger partial charge in [0.2, 0.25) is 0 Å². The van der Waals surface area contributed by atoms with E-state index in [1.165, 1.54) is 15.6 Å². The standard InChI is InChI=1S/C21H23ClN4OS/c22-17-13-18-15(12-20(27)23-18)11-14(17)5-6-25-7-9-26(10-8-25)21-16-3-1-2-4-19(16)28-24-21/h1-4,11,13,20,23,27H,5-10,12H2/t20-/m1/s1. The van der Waals surface area contributed by atoms with Crippen LogP contribution in [0, 0.1) is 0 Å². The molecule has 1 atom stereocenters. The van der Waals surface area contributed by atoms with Crippen molar-refractivity contribution in [3.63, 3.8) is 0 Å². The molecule has 2 aliphatic heterocycles. The third kappa shape index (κ3) is 3.46. The number of fused-ring (bicyclic) bond motifs is 2. The first-order valence-electron chi connectivity index (χ1n) is 9.75. The van der Waals surface area contributed by atoms with Crippen LogP contribution < -0.4 is 10.2 Å². The van der Waals surface area contributed by atoms with Crippen LogP contribution in [0.25, 0.3) is 10.1 Å². The van der Waals surface area contributed by atoms with E-state index in [1.807, 2.05) is 6.07 Å². The number of aliphatic hydroxyl groups is 1. The van der Waals surface area contributed by atoms with Crippen LogP contribution in [-0.2, 0) is 12.8 Å². The average molecular weight is 415 g/mol. The summed E-state index contributed by atoms with van der Waals surface area (Å²) in [5.74, 6) is 1.13. The van der Waals surface area contributed by atoms with Crippen LogP contribution >= 0.6 is 23.1 Å². The molecule has 5 nitrogen and oxygen atoms in total. The predicted octanol–water partition coefficient (Wildman–Crippen LogP) is 3.60. The van der Waals surface area contributed by atoms with Crippen LogP contribution in [0.5, 0.6) is 0 Å². The zero-order valence-electron chi connectivity index (χ0n) is 15.6. The van der Waals surface area contributed by atoms with Gasteiger partial charge in [-0.05, 0) is 47.3 Å². The second-order valence-corrected chi connectivity index (χ2v) is 8.76. The lowest BCUT2D eigenvalue weighted by Gasteiger charge is -2.35. The number of benzene rings is 2. The number of nitrogens with one attached hydrogen (secondary N) is 1. The molecule has 2 aliphatic rings. The van der Waals surface area contributed by atoms with Gasteiger partial charge in [0, 0.05) is 55.2 Å². The number of rotatable bonds is 4. The first kappa shape index (κ1) is 18.2. The molecule has 3 aromatic rings. The number of hydrogen-bond donors (Lipinski definition) is 2. The highest BCUT2D eigenvalue weighted by molar-refractivity contribution is 7.13. The number of halogens is 1. The van der Waals surface area contributed by atoms with Gasteiger partial charge in [0.05, 0.1) is 4.70 Å². The monoisotopic (exact) mass is 414 g/mol. The Hall–Kier alpha value is -1.86. The summed E-state index contributed by atoms with van der Waals surface area (Å²) in [6, 6.07) is 12.6. The highest BCUT2D eigenvalue weighted by Gasteiger charge is 2.22. The largest absolute Gasteiger partial charge is 0.373 e. The zero-order chi connectivity index (χ0) is 19.1. The maximum absolute atomic E-state index is 9.76. The molecule has 0 aliphatic carbocycles. The molecule has 1 saturated heterocycles. The molecule has 7 heteroatoms. The first-order valence-corrected chi connectivity index (χ1v) is 10.9. The molecular weight excluding hydrogens is 392 g/mol. The SMILES string of the molecule is O[C@@H]1Cc2cc(CCN3CCN(c4nsc5ccccc45)CC3)c(Cl)cc2N1. The van der Waals surface area contributed by atoms with Crippen LogP contribution in [-0.4, -0.2) is 53.3 Å². The summed E-state index contributed by atoms with van der Waals surface area (Å²) in [5, 5.41) is 14.9. The second-order valence-electron chi connectivity index (χ2n) is 7.55. The zero-order valence-corrected chi connectivity index (χ0v) is 17.1. The van der Waals surface area contributed by atoms with Gasteiger partial charge in [-0.15, -0.1) is 0 Å². The Morgan fingerprint density at radius 2 is 2.00 bits per heavy atom. The van der Waals surface area contributed by atoms with E-state index in [1.54, 1.807) is 11.5 Å². The Morgan fingerprint density at radius 3 is 2.86 bits per heavy atom. The van der Waals surface area contributed by atoms with Crippen LogP contribution in [0.4, 0.5) is 11.5 Å². The average Bonchev–Trinajstić information content (AvgIpc) is 3.29. The molecule has 0 saturated carbocycles. The third-order valence-electron chi connectivity index (χ3n) is 5.74. The fourth-order valence-corrected chi connectivity index (χ4v) is 5.22. The number of nitrogens with zero attached hydrogens (tertiary/aromatic N) is 3. The molecule has 5 rings (SSSR count). The number of aliphatic hydroxyl groups excluding tert-OH is 1. The maximum atomic E-state index is 9.76. The van der Waals surface area contributed by atoms with E-state index >= 15 is 0 Å². The van der Waals surface area contributed by atoms with Gasteiger partial charge in [0.1, 0.15) is 12.0 Å². The van der Waals surface area contributed by atoms with Gasteiger partial charge in [-0.2, -0.15) is 4.37 Å². The van der Waals surface area contributed by atoms with Crippen molar-refractivity contribution >= 4 is 44.7 Å². The Balaban J connectivity index is 1.20. The predicted molar refractivity (Wildman–Crippen MR) is 117 cm³/mol. The van der Waals surface area contributed by atoms with E-state index in [0.29, 0.717) is 6.42 Å². The topological polar surface area (TPSA) is 51.6 Å². The van der Waals surface area contributed by atoms with Crippen molar-refractivity contribution in [3.8, 4) is 0 Å². The van der Waals surface area contributed by atoms with Crippen LogP contribution in [0.15, 0.2) is 36.4 Å². The molecule has 0 radical (unpaired) electrons. The van der Waals surface area contributed by atoms with Crippen LogP contribution in [0.2, 0.25) is 5.02 Å². The molecular formula is C21H23ClN4OS. The minimum Gasteiger partial charge on any atom is -0.373 e. The van der Waals surface area contributed by atoms with Crippen LogP contribution in [0.1, 0.15) is 11.1 Å². The van der Waals surface area contributed by atoms with Gasteiger partial charge < -0.3 is 15.3 Å².